The fourth-order valence-corrected chi connectivity index (χ4v) is 0.674. The summed E-state index contributed by atoms with van der Waals surface area (Å²) in [6.07, 6.45) is 0.903. The third-order valence-corrected chi connectivity index (χ3v) is 1.07. The standard InChI is InChI=1S/C4H9NO2/c1-5(6)3-2-4-7-5/h2-4H2,1H3. The van der Waals surface area contributed by atoms with Crippen LogP contribution in [0.3, 0.4) is 0 Å². The molecule has 1 heterocycles. The van der Waals surface area contributed by atoms with Crippen LogP contribution < -0.4 is 0 Å². The van der Waals surface area contributed by atoms with Gasteiger partial charge < -0.3 is 5.21 Å². The van der Waals surface area contributed by atoms with Crippen molar-refractivity contribution >= 4 is 0 Å². The molecule has 0 N–H and O–H groups in total. The maximum atomic E-state index is 10.6. The van der Waals surface area contributed by atoms with Crippen LogP contribution in [0.1, 0.15) is 6.42 Å². The summed E-state index contributed by atoms with van der Waals surface area (Å²) in [6, 6.07) is 0. The van der Waals surface area contributed by atoms with Gasteiger partial charge in [0.05, 0.1) is 7.05 Å². The van der Waals surface area contributed by atoms with E-state index in [1.54, 1.807) is 0 Å². The Hall–Kier alpha value is -0.120. The van der Waals surface area contributed by atoms with Crippen LogP contribution >= 0.6 is 0 Å². The normalized spacial score (nSPS) is 42.0. The molecule has 0 amide bonds. The second-order valence-corrected chi connectivity index (χ2v) is 1.92. The van der Waals surface area contributed by atoms with Crippen LogP contribution in [0.15, 0.2) is 0 Å². The molecule has 0 aromatic rings. The van der Waals surface area contributed by atoms with Gasteiger partial charge in [0.1, 0.15) is 13.2 Å². The average Bonchev–Trinajstić information content (AvgIpc) is 1.84. The third-order valence-electron chi connectivity index (χ3n) is 1.07. The van der Waals surface area contributed by atoms with Gasteiger partial charge in [0, 0.05) is 6.42 Å². The molecule has 0 saturated carbocycles. The van der Waals surface area contributed by atoms with Gasteiger partial charge in [0.2, 0.25) is 0 Å². The minimum Gasteiger partial charge on any atom is -0.598 e. The highest BCUT2D eigenvalue weighted by atomic mass is 16.9. The lowest BCUT2D eigenvalue weighted by Crippen LogP contribution is -2.31. The van der Waals surface area contributed by atoms with Crippen LogP contribution in [-0.2, 0) is 4.84 Å². The average molecular weight is 103 g/mol. The molecule has 3 heteroatoms. The molecule has 1 fully saturated rings. The number of hydrogen-bond acceptors (Lipinski definition) is 2. The third kappa shape index (κ3) is 1.12. The summed E-state index contributed by atoms with van der Waals surface area (Å²) in [4.78, 5) is 4.22. The second-order valence-electron chi connectivity index (χ2n) is 1.92. The topological polar surface area (TPSA) is 32.3 Å². The highest BCUT2D eigenvalue weighted by Gasteiger charge is 2.17. The molecule has 0 bridgehead atoms. The van der Waals surface area contributed by atoms with Gasteiger partial charge in [-0.1, -0.05) is 0 Å². The molecule has 0 aliphatic carbocycles. The molecule has 1 rings (SSSR count). The predicted molar refractivity (Wildman–Crippen MR) is 25.0 cm³/mol. The quantitative estimate of drug-likeness (QED) is 0.325. The molecule has 42 valence electrons. The van der Waals surface area contributed by atoms with Crippen LogP contribution in [0.25, 0.3) is 0 Å². The Bertz CT molecular complexity index is 64.1. The van der Waals surface area contributed by atoms with Crippen LogP contribution in [0.2, 0.25) is 0 Å². The Kier molecular flexibility index (Phi) is 1.03. The highest BCUT2D eigenvalue weighted by molar-refractivity contribution is 4.37. The Morgan fingerprint density at radius 1 is 1.71 bits per heavy atom. The molecule has 0 radical (unpaired) electrons. The van der Waals surface area contributed by atoms with Crippen LogP contribution in [0, 0.1) is 5.21 Å². The predicted octanol–water partition coefficient (Wildman–Crippen LogP) is 0.266. The fraction of sp³-hybridized carbons (Fsp3) is 1.00. The molecule has 0 aromatic carbocycles. The zero-order chi connectivity index (χ0) is 5.33. The summed E-state index contributed by atoms with van der Waals surface area (Å²) < 4.78 is 0. The van der Waals surface area contributed by atoms with E-state index in [0.717, 1.165) is 6.42 Å². The van der Waals surface area contributed by atoms with Crippen molar-refractivity contribution in [3.8, 4) is 0 Å². The smallest absolute Gasteiger partial charge is 0.112 e. The number of hydroxylamine groups is 4. The van der Waals surface area contributed by atoms with Crippen molar-refractivity contribution in [2.24, 2.45) is 0 Å². The number of nitrogens with zero attached hydrogens (tertiary/aromatic N) is 1. The van der Waals surface area contributed by atoms with Crippen LogP contribution in [0.5, 0.6) is 0 Å². The summed E-state index contributed by atoms with van der Waals surface area (Å²) in [7, 11) is 1.52. The van der Waals surface area contributed by atoms with Gasteiger partial charge in [0.15, 0.2) is 0 Å². The Balaban J connectivity index is 2.40. The SMILES string of the molecule is C[N+]1([O-])CCCO1. The Morgan fingerprint density at radius 3 is 2.57 bits per heavy atom. The first-order chi connectivity index (χ1) is 3.21. The minimum atomic E-state index is -0.500. The molecule has 1 atom stereocenters. The molecule has 1 aliphatic heterocycles. The molecule has 1 aliphatic rings. The zero-order valence-electron chi connectivity index (χ0n) is 4.39. The molecule has 7 heavy (non-hydrogen) atoms. The molecule has 1 unspecified atom stereocenters. The number of quaternary nitrogens is 1. The molecule has 0 aromatic heterocycles. The summed E-state index contributed by atoms with van der Waals surface area (Å²) in [5.74, 6) is 0. The van der Waals surface area contributed by atoms with E-state index in [-0.39, 0.29) is 0 Å². The van der Waals surface area contributed by atoms with Crippen molar-refractivity contribution in [1.82, 2.24) is 0 Å². The number of hydrogen-bond donors (Lipinski definition) is 0. The summed E-state index contributed by atoms with van der Waals surface area (Å²) in [6.45, 7) is 1.24. The monoisotopic (exact) mass is 103 g/mol. The molecule has 1 saturated heterocycles. The van der Waals surface area contributed by atoms with Crippen LogP contribution in [-0.4, -0.2) is 25.0 Å². The van der Waals surface area contributed by atoms with Crippen molar-refractivity contribution in [2.75, 3.05) is 20.2 Å². The molecular formula is C4H9NO2. The molecular weight excluding hydrogens is 94.0 g/mol. The molecule has 3 nitrogen and oxygen atoms in total. The van der Waals surface area contributed by atoms with Gasteiger partial charge in [-0.05, 0) is 0 Å². The Morgan fingerprint density at radius 2 is 2.43 bits per heavy atom. The van der Waals surface area contributed by atoms with E-state index in [2.05, 4.69) is 0 Å². The van der Waals surface area contributed by atoms with E-state index in [4.69, 9.17) is 4.84 Å². The summed E-state index contributed by atoms with van der Waals surface area (Å²) in [5.41, 5.74) is 0. The summed E-state index contributed by atoms with van der Waals surface area (Å²) in [5, 5.41) is 10.6. The zero-order valence-corrected chi connectivity index (χ0v) is 4.39. The van der Waals surface area contributed by atoms with Gasteiger partial charge in [-0.25, -0.2) is 9.65 Å². The van der Waals surface area contributed by atoms with E-state index >= 15 is 0 Å². The maximum absolute atomic E-state index is 10.6. The maximum Gasteiger partial charge on any atom is 0.112 e. The van der Waals surface area contributed by atoms with Gasteiger partial charge in [-0.2, -0.15) is 0 Å². The van der Waals surface area contributed by atoms with E-state index in [1.165, 1.54) is 7.05 Å². The van der Waals surface area contributed by atoms with Crippen molar-refractivity contribution in [3.63, 3.8) is 0 Å². The lowest BCUT2D eigenvalue weighted by atomic mass is 10.5. The Labute approximate surface area is 42.6 Å². The van der Waals surface area contributed by atoms with Gasteiger partial charge in [-0.3, -0.25) is 0 Å². The lowest BCUT2D eigenvalue weighted by Gasteiger charge is -2.27. The van der Waals surface area contributed by atoms with Gasteiger partial charge in [0.25, 0.3) is 0 Å². The summed E-state index contributed by atoms with van der Waals surface area (Å²) >= 11 is 0. The van der Waals surface area contributed by atoms with E-state index in [9.17, 15) is 5.21 Å². The van der Waals surface area contributed by atoms with Crippen LogP contribution in [0.4, 0.5) is 0 Å². The van der Waals surface area contributed by atoms with E-state index in [1.807, 2.05) is 0 Å². The van der Waals surface area contributed by atoms with Gasteiger partial charge in [-0.15, -0.1) is 0 Å². The van der Waals surface area contributed by atoms with Crippen molar-refractivity contribution in [1.29, 1.82) is 0 Å². The van der Waals surface area contributed by atoms with E-state index < -0.39 is 4.81 Å². The van der Waals surface area contributed by atoms with Crippen molar-refractivity contribution in [2.45, 2.75) is 6.42 Å². The fourth-order valence-electron chi connectivity index (χ4n) is 0.674. The molecule has 0 spiro atoms. The van der Waals surface area contributed by atoms with E-state index in [0.29, 0.717) is 13.2 Å². The minimum absolute atomic E-state index is 0.500. The van der Waals surface area contributed by atoms with Gasteiger partial charge >= 0.3 is 0 Å². The lowest BCUT2D eigenvalue weighted by molar-refractivity contribution is -1.04. The highest BCUT2D eigenvalue weighted by Crippen LogP contribution is 2.09. The van der Waals surface area contributed by atoms with Crippen molar-refractivity contribution in [3.05, 3.63) is 5.21 Å². The number of rotatable bonds is 0. The second kappa shape index (κ2) is 1.43. The first-order valence-electron chi connectivity index (χ1n) is 2.42. The van der Waals surface area contributed by atoms with Crippen molar-refractivity contribution < 1.29 is 9.65 Å². The first-order valence-corrected chi connectivity index (χ1v) is 2.42. The first kappa shape index (κ1) is 5.03. The largest absolute Gasteiger partial charge is 0.598 e.